The zero-order valence-corrected chi connectivity index (χ0v) is 14.1. The minimum Gasteiger partial charge on any atom is -0.354 e. The van der Waals surface area contributed by atoms with Crippen molar-refractivity contribution < 1.29 is 14.4 Å². The van der Waals surface area contributed by atoms with Crippen LogP contribution >= 0.6 is 11.8 Å². The largest absolute Gasteiger partial charge is 0.354 e. The van der Waals surface area contributed by atoms with Crippen molar-refractivity contribution in [1.82, 2.24) is 10.2 Å². The lowest BCUT2D eigenvalue weighted by atomic mass is 10.1. The van der Waals surface area contributed by atoms with Gasteiger partial charge >= 0.3 is 0 Å². The number of hydrogen-bond acceptors (Lipinski definition) is 4. The molecule has 0 unspecified atom stereocenters. The van der Waals surface area contributed by atoms with Gasteiger partial charge in [0.25, 0.3) is 11.1 Å². The quantitative estimate of drug-likeness (QED) is 0.814. The first-order chi connectivity index (χ1) is 11.0. The molecule has 1 saturated heterocycles. The topological polar surface area (TPSA) is 66.5 Å². The molecule has 1 aliphatic heterocycles. The normalized spacial score (nSPS) is 16.5. The first-order valence-electron chi connectivity index (χ1n) is 7.54. The van der Waals surface area contributed by atoms with Gasteiger partial charge in [0.2, 0.25) is 5.91 Å². The van der Waals surface area contributed by atoms with Crippen molar-refractivity contribution in [3.8, 4) is 0 Å². The van der Waals surface area contributed by atoms with E-state index in [9.17, 15) is 14.4 Å². The Hall–Kier alpha value is -2.08. The van der Waals surface area contributed by atoms with Gasteiger partial charge in [0, 0.05) is 19.5 Å². The van der Waals surface area contributed by atoms with Crippen LogP contribution in [-0.4, -0.2) is 35.0 Å². The van der Waals surface area contributed by atoms with E-state index in [1.165, 1.54) is 4.90 Å². The van der Waals surface area contributed by atoms with Gasteiger partial charge in [-0.1, -0.05) is 44.2 Å². The van der Waals surface area contributed by atoms with E-state index in [4.69, 9.17) is 0 Å². The van der Waals surface area contributed by atoms with Crippen molar-refractivity contribution in [2.75, 3.05) is 13.1 Å². The predicted molar refractivity (Wildman–Crippen MR) is 91.6 cm³/mol. The molecule has 0 aliphatic carbocycles. The molecule has 1 aliphatic rings. The fourth-order valence-electron chi connectivity index (χ4n) is 2.14. The third-order valence-electron chi connectivity index (χ3n) is 3.22. The smallest absolute Gasteiger partial charge is 0.293 e. The van der Waals surface area contributed by atoms with Gasteiger partial charge in [-0.15, -0.1) is 0 Å². The van der Waals surface area contributed by atoms with Crippen molar-refractivity contribution in [1.29, 1.82) is 0 Å². The molecule has 0 radical (unpaired) electrons. The molecule has 1 aromatic rings. The standard InChI is InChI=1S/C17H20N2O3S/c1-12(2)10-15(20)18-8-9-19-16(21)14(23-17(19)22)11-13-6-4-3-5-7-13/h3-7,11-12H,8-10H2,1-2H3,(H,18,20)/b14-11-. The van der Waals surface area contributed by atoms with E-state index in [0.29, 0.717) is 11.3 Å². The lowest BCUT2D eigenvalue weighted by Gasteiger charge is -2.13. The summed E-state index contributed by atoms with van der Waals surface area (Å²) in [7, 11) is 0. The molecule has 3 amide bonds. The minimum absolute atomic E-state index is 0.0631. The van der Waals surface area contributed by atoms with Gasteiger partial charge in [0.05, 0.1) is 4.91 Å². The molecule has 1 heterocycles. The van der Waals surface area contributed by atoms with Gasteiger partial charge in [-0.25, -0.2) is 0 Å². The Labute approximate surface area is 140 Å². The highest BCUT2D eigenvalue weighted by molar-refractivity contribution is 8.18. The number of carbonyl (C=O) groups is 3. The maximum Gasteiger partial charge on any atom is 0.293 e. The number of nitrogens with zero attached hydrogens (tertiary/aromatic N) is 1. The SMILES string of the molecule is CC(C)CC(=O)NCCN1C(=O)S/C(=C\c2ccccc2)C1=O. The van der Waals surface area contributed by atoms with Gasteiger partial charge in [0.1, 0.15) is 0 Å². The first kappa shape index (κ1) is 17.3. The van der Waals surface area contributed by atoms with E-state index < -0.39 is 0 Å². The van der Waals surface area contributed by atoms with Gasteiger partial charge in [-0.2, -0.15) is 0 Å². The van der Waals surface area contributed by atoms with Crippen molar-refractivity contribution in [3.63, 3.8) is 0 Å². The van der Waals surface area contributed by atoms with Crippen LogP contribution in [0.5, 0.6) is 0 Å². The predicted octanol–water partition coefficient (Wildman–Crippen LogP) is 2.89. The number of amides is 3. The lowest BCUT2D eigenvalue weighted by molar-refractivity contribution is -0.124. The summed E-state index contributed by atoms with van der Waals surface area (Å²) < 4.78 is 0. The molecule has 1 aromatic carbocycles. The molecule has 6 heteroatoms. The van der Waals surface area contributed by atoms with E-state index >= 15 is 0 Å². The highest BCUT2D eigenvalue weighted by atomic mass is 32.2. The molecule has 0 atom stereocenters. The van der Waals surface area contributed by atoms with Crippen LogP contribution in [0.4, 0.5) is 4.79 Å². The lowest BCUT2D eigenvalue weighted by Crippen LogP contribution is -2.37. The van der Waals surface area contributed by atoms with E-state index in [2.05, 4.69) is 5.32 Å². The van der Waals surface area contributed by atoms with Crippen LogP contribution in [0.25, 0.3) is 6.08 Å². The van der Waals surface area contributed by atoms with Crippen molar-refractivity contribution in [2.24, 2.45) is 5.92 Å². The fourth-order valence-corrected chi connectivity index (χ4v) is 3.01. The Balaban J connectivity index is 1.92. The van der Waals surface area contributed by atoms with Crippen LogP contribution in [0.15, 0.2) is 35.2 Å². The number of rotatable bonds is 6. The van der Waals surface area contributed by atoms with Gasteiger partial charge in [0.15, 0.2) is 0 Å². The van der Waals surface area contributed by atoms with Gasteiger partial charge < -0.3 is 5.32 Å². The summed E-state index contributed by atoms with van der Waals surface area (Å²) in [5.74, 6) is -0.0882. The Bertz CT molecular complexity index is 626. The molecule has 2 rings (SSSR count). The monoisotopic (exact) mass is 332 g/mol. The Morgan fingerprint density at radius 2 is 1.96 bits per heavy atom. The Morgan fingerprint density at radius 1 is 1.26 bits per heavy atom. The molecular weight excluding hydrogens is 312 g/mol. The van der Waals surface area contributed by atoms with E-state index in [1.807, 2.05) is 44.2 Å². The molecular formula is C17H20N2O3S. The Kier molecular flexibility index (Phi) is 5.98. The summed E-state index contributed by atoms with van der Waals surface area (Å²) in [4.78, 5) is 37.4. The van der Waals surface area contributed by atoms with Crippen LogP contribution in [0.3, 0.4) is 0 Å². The zero-order valence-electron chi connectivity index (χ0n) is 13.2. The molecule has 0 aromatic heterocycles. The van der Waals surface area contributed by atoms with Gasteiger partial charge in [-0.3, -0.25) is 19.3 Å². The average molecular weight is 332 g/mol. The molecule has 1 fully saturated rings. The maximum atomic E-state index is 12.3. The third kappa shape index (κ3) is 4.96. The van der Waals surface area contributed by atoms with E-state index in [0.717, 1.165) is 17.3 Å². The molecule has 1 N–H and O–H groups in total. The van der Waals surface area contributed by atoms with Crippen LogP contribution in [-0.2, 0) is 9.59 Å². The summed E-state index contributed by atoms with van der Waals surface area (Å²) in [5, 5.41) is 2.44. The summed E-state index contributed by atoms with van der Waals surface area (Å²) in [6.07, 6.45) is 2.15. The molecule has 0 bridgehead atoms. The molecule has 122 valence electrons. The summed E-state index contributed by atoms with van der Waals surface area (Å²) >= 11 is 0.932. The highest BCUT2D eigenvalue weighted by Gasteiger charge is 2.34. The summed E-state index contributed by atoms with van der Waals surface area (Å²) in [6.45, 7) is 4.40. The third-order valence-corrected chi connectivity index (χ3v) is 4.13. The maximum absolute atomic E-state index is 12.3. The van der Waals surface area contributed by atoms with E-state index in [1.54, 1.807) is 6.08 Å². The molecule has 5 nitrogen and oxygen atoms in total. The molecule has 23 heavy (non-hydrogen) atoms. The summed E-state index contributed by atoms with van der Waals surface area (Å²) in [5.41, 5.74) is 0.878. The van der Waals surface area contributed by atoms with Crippen molar-refractivity contribution in [3.05, 3.63) is 40.8 Å². The number of nitrogens with one attached hydrogen (secondary N) is 1. The number of thioether (sulfide) groups is 1. The van der Waals surface area contributed by atoms with Crippen LogP contribution < -0.4 is 5.32 Å². The second-order valence-corrected chi connectivity index (χ2v) is 6.69. The van der Waals surface area contributed by atoms with Gasteiger partial charge in [-0.05, 0) is 29.3 Å². The molecule has 0 spiro atoms. The summed E-state index contributed by atoms with van der Waals surface area (Å²) in [6, 6.07) is 9.39. The van der Waals surface area contributed by atoms with E-state index in [-0.39, 0.29) is 36.1 Å². The highest BCUT2D eigenvalue weighted by Crippen LogP contribution is 2.31. The number of hydrogen-bond donors (Lipinski definition) is 1. The number of benzene rings is 1. The van der Waals surface area contributed by atoms with Crippen LogP contribution in [0.2, 0.25) is 0 Å². The zero-order chi connectivity index (χ0) is 16.8. The fraction of sp³-hybridized carbons (Fsp3) is 0.353. The number of imide groups is 1. The van der Waals surface area contributed by atoms with Crippen molar-refractivity contribution in [2.45, 2.75) is 20.3 Å². The van der Waals surface area contributed by atoms with Crippen LogP contribution in [0.1, 0.15) is 25.8 Å². The second kappa shape index (κ2) is 7.97. The number of carbonyl (C=O) groups excluding carboxylic acids is 3. The molecule has 0 saturated carbocycles. The first-order valence-corrected chi connectivity index (χ1v) is 8.36. The minimum atomic E-state index is -0.304. The average Bonchev–Trinajstić information content (AvgIpc) is 2.75. The second-order valence-electron chi connectivity index (χ2n) is 5.69. The van der Waals surface area contributed by atoms with Crippen LogP contribution in [0, 0.1) is 5.92 Å². The Morgan fingerprint density at radius 3 is 2.61 bits per heavy atom. The van der Waals surface area contributed by atoms with Crippen molar-refractivity contribution >= 4 is 34.9 Å².